The molecule has 0 N–H and O–H groups in total. The minimum atomic E-state index is -0.165. The Morgan fingerprint density at radius 3 is 3.13 bits per heavy atom. The summed E-state index contributed by atoms with van der Waals surface area (Å²) < 4.78 is 6.66. The summed E-state index contributed by atoms with van der Waals surface area (Å²) in [5.41, 5.74) is 2.68. The molecule has 3 nitrogen and oxygen atoms in total. The Kier molecular flexibility index (Phi) is 2.12. The zero-order valence-corrected chi connectivity index (χ0v) is 10.5. The first-order valence-corrected chi connectivity index (χ1v) is 7.63. The Labute approximate surface area is 98.7 Å². The summed E-state index contributed by atoms with van der Waals surface area (Å²) in [5, 5.41) is 0. The van der Waals surface area contributed by atoms with Crippen LogP contribution >= 0.6 is 0 Å². The molecular formula is C11H11INO2-. The normalized spacial score (nSPS) is 28.9. The molecule has 0 aromatic heterocycles. The number of ether oxygens (including phenoxy) is 1. The zero-order chi connectivity index (χ0) is 10.4. The van der Waals surface area contributed by atoms with Crippen molar-refractivity contribution in [2.45, 2.75) is 14.6 Å². The fourth-order valence-electron chi connectivity index (χ4n) is 2.10. The molecule has 2 aliphatic rings. The van der Waals surface area contributed by atoms with Crippen LogP contribution in [0.5, 0.6) is 0 Å². The third-order valence-corrected chi connectivity index (χ3v) is 5.98. The molecule has 15 heavy (non-hydrogen) atoms. The van der Waals surface area contributed by atoms with Crippen molar-refractivity contribution >= 4 is 6.09 Å². The van der Waals surface area contributed by atoms with E-state index < -0.39 is 0 Å². The second kappa shape index (κ2) is 3.37. The van der Waals surface area contributed by atoms with Gasteiger partial charge >= 0.3 is 98.7 Å². The van der Waals surface area contributed by atoms with Gasteiger partial charge in [-0.15, -0.1) is 0 Å². The van der Waals surface area contributed by atoms with Gasteiger partial charge in [0.05, 0.1) is 0 Å². The van der Waals surface area contributed by atoms with Crippen molar-refractivity contribution in [1.82, 2.24) is 4.90 Å². The Hall–Kier alpha value is -0.780. The van der Waals surface area contributed by atoms with Gasteiger partial charge in [-0.2, -0.15) is 0 Å². The van der Waals surface area contributed by atoms with Crippen LogP contribution in [0.15, 0.2) is 24.3 Å². The number of carbonyl (C=O) groups excluding carboxylic acids is 1. The minimum absolute atomic E-state index is 0.0571. The third kappa shape index (κ3) is 1.34. The molecule has 0 saturated carbocycles. The molecule has 1 saturated heterocycles. The fraction of sp³-hybridized carbons (Fsp3) is 0.364. The molecular weight excluding hydrogens is 305 g/mol. The second-order valence-electron chi connectivity index (χ2n) is 3.78. The molecule has 2 aliphatic heterocycles. The van der Waals surface area contributed by atoms with Crippen molar-refractivity contribution in [3.05, 3.63) is 35.4 Å². The Morgan fingerprint density at radius 1 is 1.47 bits per heavy atom. The molecule has 0 radical (unpaired) electrons. The van der Waals surface area contributed by atoms with Crippen LogP contribution < -0.4 is 21.2 Å². The molecule has 0 aliphatic carbocycles. The van der Waals surface area contributed by atoms with Gasteiger partial charge in [0.1, 0.15) is 0 Å². The summed E-state index contributed by atoms with van der Waals surface area (Å²) in [5.74, 6) is 0. The topological polar surface area (TPSA) is 29.5 Å². The number of nitrogens with zero attached hydrogens (tertiary/aromatic N) is 1. The number of carbonyl (C=O) groups is 1. The zero-order valence-electron chi connectivity index (χ0n) is 8.31. The summed E-state index contributed by atoms with van der Waals surface area (Å²) in [6.45, 7) is 0. The SMILES string of the molecule is CN1C(=O)O[C@@H]2[I-]Cc3ccccc3[C@@H]21. The van der Waals surface area contributed by atoms with Crippen molar-refractivity contribution < 1.29 is 30.7 Å². The standard InChI is InChI=1S/C11H11INO2/c1-13-9-8-5-3-2-4-7(8)6-12-10(9)15-11(13)14/h2-5,9-10H,6H2,1H3/q-1/t9-,10-/m0/s1. The van der Waals surface area contributed by atoms with Gasteiger partial charge in [-0.1, -0.05) is 0 Å². The van der Waals surface area contributed by atoms with E-state index in [0.717, 1.165) is 4.43 Å². The van der Waals surface area contributed by atoms with Crippen molar-refractivity contribution in [3.63, 3.8) is 0 Å². The van der Waals surface area contributed by atoms with Crippen LogP contribution in [0, 0.1) is 0 Å². The molecule has 80 valence electrons. The Morgan fingerprint density at radius 2 is 2.27 bits per heavy atom. The van der Waals surface area contributed by atoms with Gasteiger partial charge in [-0.3, -0.25) is 0 Å². The van der Waals surface area contributed by atoms with E-state index in [1.807, 2.05) is 13.1 Å². The van der Waals surface area contributed by atoms with Gasteiger partial charge in [0, 0.05) is 0 Å². The quantitative estimate of drug-likeness (QED) is 0.442. The summed E-state index contributed by atoms with van der Waals surface area (Å²) in [6.07, 6.45) is -0.165. The predicted molar refractivity (Wildman–Crippen MR) is 50.9 cm³/mol. The molecule has 0 spiro atoms. The van der Waals surface area contributed by atoms with Crippen LogP contribution in [0.3, 0.4) is 0 Å². The number of likely N-dealkylation sites (N-methyl/N-ethyl adjacent to an activating group) is 1. The third-order valence-electron chi connectivity index (χ3n) is 2.91. The molecule has 1 fully saturated rings. The first kappa shape index (κ1) is 9.45. The van der Waals surface area contributed by atoms with Gasteiger partial charge in [-0.05, 0) is 0 Å². The van der Waals surface area contributed by atoms with E-state index in [-0.39, 0.29) is 37.5 Å². The van der Waals surface area contributed by atoms with Gasteiger partial charge in [-0.25, -0.2) is 0 Å². The van der Waals surface area contributed by atoms with Gasteiger partial charge in [0.15, 0.2) is 0 Å². The van der Waals surface area contributed by atoms with Crippen LogP contribution in [0.2, 0.25) is 0 Å². The summed E-state index contributed by atoms with van der Waals surface area (Å²) in [7, 11) is 1.83. The second-order valence-corrected chi connectivity index (χ2v) is 6.65. The molecule has 2 atom stereocenters. The van der Waals surface area contributed by atoms with E-state index in [1.54, 1.807) is 4.90 Å². The molecule has 4 heteroatoms. The maximum absolute atomic E-state index is 11.5. The number of halogens is 1. The van der Waals surface area contributed by atoms with Crippen molar-refractivity contribution in [1.29, 1.82) is 0 Å². The maximum atomic E-state index is 11.5. The van der Waals surface area contributed by atoms with Crippen LogP contribution in [-0.4, -0.2) is 22.2 Å². The summed E-state index contributed by atoms with van der Waals surface area (Å²) >= 11 is -0.0571. The Balaban J connectivity index is 2.08. The van der Waals surface area contributed by atoms with E-state index in [4.69, 9.17) is 4.74 Å². The molecule has 0 unspecified atom stereocenters. The van der Waals surface area contributed by atoms with Crippen LogP contribution in [0.25, 0.3) is 0 Å². The molecule has 3 rings (SSSR count). The molecule has 1 amide bonds. The number of amides is 1. The summed E-state index contributed by atoms with van der Waals surface area (Å²) in [4.78, 5) is 13.2. The van der Waals surface area contributed by atoms with E-state index in [0.29, 0.717) is 0 Å². The molecule has 1 aromatic carbocycles. The van der Waals surface area contributed by atoms with E-state index in [2.05, 4.69) is 18.2 Å². The number of benzene rings is 1. The fourth-order valence-corrected chi connectivity index (χ4v) is 5.45. The number of alkyl halides is 2. The van der Waals surface area contributed by atoms with Crippen LogP contribution in [0.1, 0.15) is 17.2 Å². The number of hydrogen-bond acceptors (Lipinski definition) is 2. The molecule has 2 heterocycles. The van der Waals surface area contributed by atoms with E-state index in [1.165, 1.54) is 11.1 Å². The van der Waals surface area contributed by atoms with Crippen LogP contribution in [-0.2, 0) is 9.16 Å². The monoisotopic (exact) mass is 316 g/mol. The van der Waals surface area contributed by atoms with E-state index >= 15 is 0 Å². The van der Waals surface area contributed by atoms with E-state index in [9.17, 15) is 4.79 Å². The van der Waals surface area contributed by atoms with Gasteiger partial charge in [0.25, 0.3) is 0 Å². The summed E-state index contributed by atoms with van der Waals surface area (Å²) in [6, 6.07) is 8.57. The van der Waals surface area contributed by atoms with Crippen LogP contribution in [0.4, 0.5) is 4.79 Å². The molecule has 1 aromatic rings. The van der Waals surface area contributed by atoms with Gasteiger partial charge in [0.2, 0.25) is 0 Å². The average Bonchev–Trinajstić information content (AvgIpc) is 2.55. The van der Waals surface area contributed by atoms with Crippen molar-refractivity contribution in [2.75, 3.05) is 7.05 Å². The molecule has 0 bridgehead atoms. The van der Waals surface area contributed by atoms with Crippen molar-refractivity contribution in [3.8, 4) is 0 Å². The average molecular weight is 316 g/mol. The first-order valence-electron chi connectivity index (χ1n) is 4.86. The number of hydrogen-bond donors (Lipinski definition) is 0. The Bertz CT molecular complexity index is 421. The predicted octanol–water partition coefficient (Wildman–Crippen LogP) is -1.26. The number of fused-ring (bicyclic) bond motifs is 3. The van der Waals surface area contributed by atoms with Gasteiger partial charge < -0.3 is 0 Å². The van der Waals surface area contributed by atoms with Crippen molar-refractivity contribution in [2.24, 2.45) is 0 Å². The first-order chi connectivity index (χ1) is 7.27. The number of rotatable bonds is 0.